The molecule has 3 rings (SSSR count). The lowest BCUT2D eigenvalue weighted by atomic mass is 10.2. The molecule has 1 aliphatic carbocycles. The first-order valence-corrected chi connectivity index (χ1v) is 8.33. The van der Waals surface area contributed by atoms with Crippen LogP contribution in [0.3, 0.4) is 0 Å². The first kappa shape index (κ1) is 19.5. The van der Waals surface area contributed by atoms with Gasteiger partial charge in [0.2, 0.25) is 0 Å². The van der Waals surface area contributed by atoms with Gasteiger partial charge in [-0.25, -0.2) is 0 Å². The van der Waals surface area contributed by atoms with Crippen LogP contribution >= 0.6 is 24.0 Å². The number of rotatable bonds is 6. The molecule has 1 aliphatic rings. The number of hydrogen-bond donors (Lipinski definition) is 2. The van der Waals surface area contributed by atoms with Crippen molar-refractivity contribution in [2.45, 2.75) is 32.5 Å². The molecule has 1 heterocycles. The number of halogens is 1. The Balaban J connectivity index is 0.00000225. The topological polar surface area (TPSA) is 58.5 Å². The van der Waals surface area contributed by atoms with E-state index in [9.17, 15) is 0 Å². The second-order valence-electron chi connectivity index (χ2n) is 6.15. The molecule has 2 N–H and O–H groups in total. The molecule has 25 heavy (non-hydrogen) atoms. The number of pyridine rings is 1. The zero-order chi connectivity index (χ0) is 16.8. The largest absolute Gasteiger partial charge is 0.487 e. The fraction of sp³-hybridized carbons (Fsp3) is 0.368. The predicted molar refractivity (Wildman–Crippen MR) is 111 cm³/mol. The minimum Gasteiger partial charge on any atom is -0.487 e. The van der Waals surface area contributed by atoms with Gasteiger partial charge in [-0.2, -0.15) is 0 Å². The van der Waals surface area contributed by atoms with E-state index in [-0.39, 0.29) is 24.0 Å². The van der Waals surface area contributed by atoms with Gasteiger partial charge in [0.1, 0.15) is 12.4 Å². The summed E-state index contributed by atoms with van der Waals surface area (Å²) in [6.45, 7) is 3.43. The number of guanidine groups is 1. The van der Waals surface area contributed by atoms with Crippen molar-refractivity contribution in [3.05, 3.63) is 59.9 Å². The van der Waals surface area contributed by atoms with Gasteiger partial charge in [0.05, 0.1) is 5.69 Å². The molecule has 0 bridgehead atoms. The van der Waals surface area contributed by atoms with Crippen LogP contribution in [0.1, 0.15) is 24.6 Å². The lowest BCUT2D eigenvalue weighted by molar-refractivity contribution is 0.301. The summed E-state index contributed by atoms with van der Waals surface area (Å²) in [4.78, 5) is 8.54. The number of nitrogens with zero attached hydrogens (tertiary/aromatic N) is 2. The fourth-order valence-corrected chi connectivity index (χ4v) is 2.47. The summed E-state index contributed by atoms with van der Waals surface area (Å²) in [5.41, 5.74) is 2.07. The molecule has 2 atom stereocenters. The van der Waals surface area contributed by atoms with Crippen molar-refractivity contribution in [1.29, 1.82) is 0 Å². The highest BCUT2D eigenvalue weighted by Gasteiger charge is 2.33. The van der Waals surface area contributed by atoms with Crippen LogP contribution in [0, 0.1) is 5.92 Å². The molecule has 6 heteroatoms. The Morgan fingerprint density at radius 3 is 2.80 bits per heavy atom. The first-order valence-electron chi connectivity index (χ1n) is 8.33. The van der Waals surface area contributed by atoms with Crippen molar-refractivity contribution >= 4 is 29.9 Å². The van der Waals surface area contributed by atoms with E-state index in [0.717, 1.165) is 28.9 Å². The smallest absolute Gasteiger partial charge is 0.191 e. The normalized spacial score (nSPS) is 18.9. The van der Waals surface area contributed by atoms with Gasteiger partial charge in [-0.05, 0) is 42.2 Å². The highest BCUT2D eigenvalue weighted by molar-refractivity contribution is 14.0. The van der Waals surface area contributed by atoms with Crippen LogP contribution in [-0.4, -0.2) is 24.0 Å². The molecule has 1 fully saturated rings. The highest BCUT2D eigenvalue weighted by atomic mass is 127. The molecule has 0 saturated heterocycles. The molecule has 1 saturated carbocycles. The number of aromatic nitrogens is 1. The van der Waals surface area contributed by atoms with Gasteiger partial charge in [0.15, 0.2) is 5.96 Å². The van der Waals surface area contributed by atoms with Crippen LogP contribution in [0.4, 0.5) is 0 Å². The van der Waals surface area contributed by atoms with Gasteiger partial charge in [0.25, 0.3) is 0 Å². The van der Waals surface area contributed by atoms with Crippen molar-refractivity contribution in [3.8, 4) is 5.75 Å². The van der Waals surface area contributed by atoms with E-state index >= 15 is 0 Å². The standard InChI is InChI=1S/C19H24N4O.HI/c1-14-10-18(14)23-19(20-2)22-12-15-6-5-8-17(11-15)24-13-16-7-3-4-9-21-16;/h3-9,11,14,18H,10,12-13H2,1-2H3,(H2,20,22,23);1H. The van der Waals surface area contributed by atoms with Crippen LogP contribution < -0.4 is 15.4 Å². The molecule has 0 amide bonds. The van der Waals surface area contributed by atoms with E-state index in [2.05, 4.69) is 33.6 Å². The average Bonchev–Trinajstić information content (AvgIpc) is 3.33. The Morgan fingerprint density at radius 1 is 1.28 bits per heavy atom. The molecule has 0 radical (unpaired) electrons. The Bertz CT molecular complexity index is 693. The van der Waals surface area contributed by atoms with Gasteiger partial charge in [-0.3, -0.25) is 9.98 Å². The maximum atomic E-state index is 5.82. The fourth-order valence-electron chi connectivity index (χ4n) is 2.47. The maximum Gasteiger partial charge on any atom is 0.191 e. The third-order valence-electron chi connectivity index (χ3n) is 4.13. The Kier molecular flexibility index (Phi) is 7.49. The highest BCUT2D eigenvalue weighted by Crippen LogP contribution is 2.28. The Labute approximate surface area is 166 Å². The summed E-state index contributed by atoms with van der Waals surface area (Å²) >= 11 is 0. The molecule has 1 aromatic heterocycles. The molecular weight excluding hydrogens is 427 g/mol. The van der Waals surface area contributed by atoms with Crippen LogP contribution in [-0.2, 0) is 13.2 Å². The summed E-state index contributed by atoms with van der Waals surface area (Å²) in [6, 6.07) is 14.5. The van der Waals surface area contributed by atoms with Crippen molar-refractivity contribution < 1.29 is 4.74 Å². The Hall–Kier alpha value is -1.83. The molecule has 0 spiro atoms. The van der Waals surface area contributed by atoms with E-state index in [1.165, 1.54) is 6.42 Å². The molecule has 1 aromatic carbocycles. The maximum absolute atomic E-state index is 5.82. The van der Waals surface area contributed by atoms with E-state index < -0.39 is 0 Å². The van der Waals surface area contributed by atoms with Crippen LogP contribution in [0.5, 0.6) is 5.75 Å². The third-order valence-corrected chi connectivity index (χ3v) is 4.13. The summed E-state index contributed by atoms with van der Waals surface area (Å²) in [7, 11) is 1.80. The lowest BCUT2D eigenvalue weighted by Gasteiger charge is -2.12. The van der Waals surface area contributed by atoms with E-state index in [0.29, 0.717) is 19.2 Å². The quantitative estimate of drug-likeness (QED) is 0.401. The number of aliphatic imine (C=N–C) groups is 1. The van der Waals surface area contributed by atoms with E-state index in [4.69, 9.17) is 4.74 Å². The van der Waals surface area contributed by atoms with Crippen LogP contribution in [0.15, 0.2) is 53.7 Å². The molecule has 0 aliphatic heterocycles. The second-order valence-corrected chi connectivity index (χ2v) is 6.15. The van der Waals surface area contributed by atoms with Gasteiger partial charge < -0.3 is 15.4 Å². The molecule has 5 nitrogen and oxygen atoms in total. The minimum atomic E-state index is 0. The molecule has 2 unspecified atom stereocenters. The summed E-state index contributed by atoms with van der Waals surface area (Å²) in [5.74, 6) is 2.44. The third kappa shape index (κ3) is 6.19. The number of ether oxygens (including phenoxy) is 1. The summed E-state index contributed by atoms with van der Waals surface area (Å²) in [6.07, 6.45) is 3.00. The number of benzene rings is 1. The van der Waals surface area contributed by atoms with Gasteiger partial charge >= 0.3 is 0 Å². The first-order chi connectivity index (χ1) is 11.7. The van der Waals surface area contributed by atoms with E-state index in [1.807, 2.05) is 36.4 Å². The van der Waals surface area contributed by atoms with Crippen LogP contribution in [0.2, 0.25) is 0 Å². The van der Waals surface area contributed by atoms with Gasteiger partial charge in [0, 0.05) is 25.8 Å². The van der Waals surface area contributed by atoms with Gasteiger partial charge in [-0.1, -0.05) is 25.1 Å². The molecular formula is C19H25IN4O. The predicted octanol–water partition coefficient (Wildman–Crippen LogP) is 3.35. The second kappa shape index (κ2) is 9.60. The lowest BCUT2D eigenvalue weighted by Crippen LogP contribution is -2.38. The van der Waals surface area contributed by atoms with Crippen molar-refractivity contribution in [2.24, 2.45) is 10.9 Å². The SMILES string of the molecule is CN=C(NCc1cccc(OCc2ccccn2)c1)NC1CC1C.I. The van der Waals surface area contributed by atoms with Crippen molar-refractivity contribution in [1.82, 2.24) is 15.6 Å². The number of nitrogens with one attached hydrogen (secondary N) is 2. The van der Waals surface area contributed by atoms with Crippen LogP contribution in [0.25, 0.3) is 0 Å². The summed E-state index contributed by atoms with van der Waals surface area (Å²) in [5, 5.41) is 6.77. The number of hydrogen-bond acceptors (Lipinski definition) is 3. The van der Waals surface area contributed by atoms with Crippen molar-refractivity contribution in [3.63, 3.8) is 0 Å². The zero-order valence-electron chi connectivity index (χ0n) is 14.6. The average molecular weight is 452 g/mol. The molecule has 2 aromatic rings. The van der Waals surface area contributed by atoms with E-state index in [1.54, 1.807) is 13.2 Å². The van der Waals surface area contributed by atoms with Gasteiger partial charge in [-0.15, -0.1) is 24.0 Å². The Morgan fingerprint density at radius 2 is 2.12 bits per heavy atom. The van der Waals surface area contributed by atoms with Crippen molar-refractivity contribution in [2.75, 3.05) is 7.05 Å². The monoisotopic (exact) mass is 452 g/mol. The zero-order valence-corrected chi connectivity index (χ0v) is 16.9. The minimum absolute atomic E-state index is 0. The molecule has 134 valence electrons. The summed E-state index contributed by atoms with van der Waals surface area (Å²) < 4.78 is 5.82.